The standard InChI is InChI=1S/C15H13N3O/c1-12-7-9-13(10-8-12)17-11-16-18(15(17)19)14-5-3-2-4-6-14/h2-11H,1H3. The highest BCUT2D eigenvalue weighted by molar-refractivity contribution is 5.35. The third kappa shape index (κ3) is 2.08. The first-order chi connectivity index (χ1) is 9.25. The van der Waals surface area contributed by atoms with E-state index in [2.05, 4.69) is 5.10 Å². The molecule has 0 unspecified atom stereocenters. The normalized spacial score (nSPS) is 10.6. The van der Waals surface area contributed by atoms with Crippen LogP contribution in [0.3, 0.4) is 0 Å². The molecule has 0 saturated heterocycles. The minimum Gasteiger partial charge on any atom is -0.249 e. The lowest BCUT2D eigenvalue weighted by atomic mass is 10.2. The van der Waals surface area contributed by atoms with Crippen molar-refractivity contribution in [3.8, 4) is 11.4 Å². The highest BCUT2D eigenvalue weighted by atomic mass is 16.2. The molecule has 2 aromatic carbocycles. The first-order valence-corrected chi connectivity index (χ1v) is 6.05. The summed E-state index contributed by atoms with van der Waals surface area (Å²) >= 11 is 0. The van der Waals surface area contributed by atoms with Gasteiger partial charge in [-0.1, -0.05) is 35.9 Å². The van der Waals surface area contributed by atoms with Crippen molar-refractivity contribution < 1.29 is 0 Å². The van der Waals surface area contributed by atoms with Crippen molar-refractivity contribution in [1.29, 1.82) is 0 Å². The van der Waals surface area contributed by atoms with Crippen molar-refractivity contribution in [2.75, 3.05) is 0 Å². The van der Waals surface area contributed by atoms with Gasteiger partial charge in [-0.25, -0.2) is 9.36 Å². The molecule has 1 aromatic heterocycles. The summed E-state index contributed by atoms with van der Waals surface area (Å²) < 4.78 is 2.92. The summed E-state index contributed by atoms with van der Waals surface area (Å²) in [6, 6.07) is 17.2. The predicted molar refractivity (Wildman–Crippen MR) is 73.9 cm³/mol. The molecule has 94 valence electrons. The summed E-state index contributed by atoms with van der Waals surface area (Å²) in [5, 5.41) is 4.15. The summed E-state index contributed by atoms with van der Waals surface area (Å²) in [6.45, 7) is 2.01. The second-order valence-electron chi connectivity index (χ2n) is 4.37. The molecule has 1 heterocycles. The van der Waals surface area contributed by atoms with Gasteiger partial charge in [0.05, 0.1) is 11.4 Å². The zero-order chi connectivity index (χ0) is 13.2. The Labute approximate surface area is 110 Å². The average Bonchev–Trinajstić information content (AvgIpc) is 2.83. The summed E-state index contributed by atoms with van der Waals surface area (Å²) in [7, 11) is 0. The number of hydrogen-bond acceptors (Lipinski definition) is 2. The summed E-state index contributed by atoms with van der Waals surface area (Å²) in [5.74, 6) is 0. The Morgan fingerprint density at radius 2 is 1.58 bits per heavy atom. The first-order valence-electron chi connectivity index (χ1n) is 6.05. The van der Waals surface area contributed by atoms with E-state index in [0.29, 0.717) is 0 Å². The molecule has 0 aliphatic carbocycles. The van der Waals surface area contributed by atoms with E-state index < -0.39 is 0 Å². The Balaban J connectivity index is 2.09. The lowest BCUT2D eigenvalue weighted by Gasteiger charge is -2.01. The van der Waals surface area contributed by atoms with Crippen molar-refractivity contribution in [1.82, 2.24) is 14.3 Å². The van der Waals surface area contributed by atoms with Crippen LogP contribution in [0.15, 0.2) is 65.7 Å². The Morgan fingerprint density at radius 1 is 0.895 bits per heavy atom. The van der Waals surface area contributed by atoms with Crippen LogP contribution in [0.25, 0.3) is 11.4 Å². The molecule has 19 heavy (non-hydrogen) atoms. The van der Waals surface area contributed by atoms with Gasteiger partial charge in [-0.05, 0) is 31.2 Å². The van der Waals surface area contributed by atoms with Gasteiger partial charge in [0.2, 0.25) is 0 Å². The van der Waals surface area contributed by atoms with Gasteiger partial charge < -0.3 is 0 Å². The fourth-order valence-corrected chi connectivity index (χ4v) is 1.93. The van der Waals surface area contributed by atoms with E-state index in [-0.39, 0.29) is 5.69 Å². The molecular weight excluding hydrogens is 238 g/mol. The molecular formula is C15H13N3O. The van der Waals surface area contributed by atoms with Gasteiger partial charge in [0, 0.05) is 0 Å². The highest BCUT2D eigenvalue weighted by Crippen LogP contribution is 2.08. The Morgan fingerprint density at radius 3 is 2.26 bits per heavy atom. The van der Waals surface area contributed by atoms with Crippen LogP contribution in [0, 0.1) is 6.92 Å². The van der Waals surface area contributed by atoms with Gasteiger partial charge in [0.25, 0.3) is 0 Å². The number of benzene rings is 2. The lowest BCUT2D eigenvalue weighted by molar-refractivity contribution is 0.829. The van der Waals surface area contributed by atoms with Crippen molar-refractivity contribution in [3.63, 3.8) is 0 Å². The van der Waals surface area contributed by atoms with Crippen molar-refractivity contribution >= 4 is 0 Å². The molecule has 0 aliphatic rings. The fraction of sp³-hybridized carbons (Fsp3) is 0.0667. The van der Waals surface area contributed by atoms with Crippen LogP contribution in [-0.4, -0.2) is 14.3 Å². The topological polar surface area (TPSA) is 39.8 Å². The second-order valence-corrected chi connectivity index (χ2v) is 4.37. The molecule has 0 saturated carbocycles. The third-order valence-electron chi connectivity index (χ3n) is 2.98. The number of aryl methyl sites for hydroxylation is 1. The molecule has 0 atom stereocenters. The molecule has 0 spiro atoms. The average molecular weight is 251 g/mol. The van der Waals surface area contributed by atoms with Gasteiger partial charge >= 0.3 is 5.69 Å². The molecule has 3 aromatic rings. The molecule has 0 amide bonds. The monoisotopic (exact) mass is 251 g/mol. The Bertz CT molecular complexity index is 739. The van der Waals surface area contributed by atoms with Gasteiger partial charge in [-0.15, -0.1) is 0 Å². The Hall–Kier alpha value is -2.62. The van der Waals surface area contributed by atoms with Crippen molar-refractivity contribution in [2.24, 2.45) is 0 Å². The largest absolute Gasteiger partial charge is 0.355 e. The SMILES string of the molecule is Cc1ccc(-n2cnn(-c3ccccc3)c2=O)cc1. The van der Waals surface area contributed by atoms with Gasteiger partial charge in [0.15, 0.2) is 0 Å². The number of aromatic nitrogens is 3. The molecule has 0 bridgehead atoms. The molecule has 0 N–H and O–H groups in total. The van der Waals surface area contributed by atoms with Gasteiger partial charge in [-0.2, -0.15) is 9.78 Å². The van der Waals surface area contributed by atoms with Crippen LogP contribution in [0.4, 0.5) is 0 Å². The maximum atomic E-state index is 12.3. The first kappa shape index (κ1) is 11.5. The van der Waals surface area contributed by atoms with E-state index in [1.807, 2.05) is 61.5 Å². The predicted octanol–water partition coefficient (Wildman–Crippen LogP) is 2.33. The van der Waals surface area contributed by atoms with E-state index in [4.69, 9.17) is 0 Å². The Kier molecular flexibility index (Phi) is 2.76. The third-order valence-corrected chi connectivity index (χ3v) is 2.98. The van der Waals surface area contributed by atoms with Gasteiger partial charge in [-0.3, -0.25) is 0 Å². The maximum Gasteiger partial charge on any atom is 0.355 e. The van der Waals surface area contributed by atoms with Crippen molar-refractivity contribution in [2.45, 2.75) is 6.92 Å². The number of para-hydroxylation sites is 1. The summed E-state index contributed by atoms with van der Waals surface area (Å²) in [4.78, 5) is 12.3. The quantitative estimate of drug-likeness (QED) is 0.701. The zero-order valence-corrected chi connectivity index (χ0v) is 10.5. The molecule has 4 heteroatoms. The smallest absolute Gasteiger partial charge is 0.249 e. The number of rotatable bonds is 2. The van der Waals surface area contributed by atoms with E-state index in [1.165, 1.54) is 9.25 Å². The van der Waals surface area contributed by atoms with Crippen molar-refractivity contribution in [3.05, 3.63) is 77.0 Å². The van der Waals surface area contributed by atoms with Crippen LogP contribution in [0.2, 0.25) is 0 Å². The summed E-state index contributed by atoms with van der Waals surface area (Å²) in [5.41, 5.74) is 2.57. The number of hydrogen-bond donors (Lipinski definition) is 0. The molecule has 0 aliphatic heterocycles. The molecule has 0 fully saturated rings. The van der Waals surface area contributed by atoms with Gasteiger partial charge in [0.1, 0.15) is 6.33 Å². The zero-order valence-electron chi connectivity index (χ0n) is 10.5. The van der Waals surface area contributed by atoms with Crippen LogP contribution in [0.5, 0.6) is 0 Å². The fourth-order valence-electron chi connectivity index (χ4n) is 1.93. The van der Waals surface area contributed by atoms with Crippen LogP contribution >= 0.6 is 0 Å². The van der Waals surface area contributed by atoms with Crippen LogP contribution < -0.4 is 5.69 Å². The number of nitrogens with zero attached hydrogens (tertiary/aromatic N) is 3. The molecule has 0 radical (unpaired) electrons. The van der Waals surface area contributed by atoms with E-state index in [0.717, 1.165) is 16.9 Å². The maximum absolute atomic E-state index is 12.3. The minimum absolute atomic E-state index is 0.171. The lowest BCUT2D eigenvalue weighted by Crippen LogP contribution is -2.22. The van der Waals surface area contributed by atoms with E-state index in [9.17, 15) is 4.79 Å². The second kappa shape index (κ2) is 4.57. The molecule has 4 nitrogen and oxygen atoms in total. The van der Waals surface area contributed by atoms with E-state index >= 15 is 0 Å². The highest BCUT2D eigenvalue weighted by Gasteiger charge is 2.07. The van der Waals surface area contributed by atoms with Crippen LogP contribution in [-0.2, 0) is 0 Å². The summed E-state index contributed by atoms with van der Waals surface area (Å²) in [6.07, 6.45) is 1.54. The minimum atomic E-state index is -0.171. The van der Waals surface area contributed by atoms with Crippen LogP contribution in [0.1, 0.15) is 5.56 Å². The van der Waals surface area contributed by atoms with E-state index in [1.54, 1.807) is 6.33 Å². The molecule has 3 rings (SSSR count).